The Balaban J connectivity index is 2.39. The summed E-state index contributed by atoms with van der Waals surface area (Å²) in [6, 6.07) is 0. The van der Waals surface area contributed by atoms with E-state index in [1.54, 1.807) is 0 Å². The minimum Gasteiger partial charge on any atom is -0.392 e. The van der Waals surface area contributed by atoms with Crippen molar-refractivity contribution in [1.29, 1.82) is 0 Å². The summed E-state index contributed by atoms with van der Waals surface area (Å²) in [5.41, 5.74) is 0. The van der Waals surface area contributed by atoms with Gasteiger partial charge in [0, 0.05) is 5.25 Å². The first kappa shape index (κ1) is 10.4. The molecule has 0 aromatic carbocycles. The van der Waals surface area contributed by atoms with Gasteiger partial charge in [0.1, 0.15) is 0 Å². The van der Waals surface area contributed by atoms with Gasteiger partial charge >= 0.3 is 0 Å². The van der Waals surface area contributed by atoms with Crippen LogP contribution >= 0.6 is 11.8 Å². The lowest BCUT2D eigenvalue weighted by Crippen LogP contribution is -2.31. The van der Waals surface area contributed by atoms with E-state index in [9.17, 15) is 5.11 Å². The van der Waals surface area contributed by atoms with Crippen molar-refractivity contribution in [3.05, 3.63) is 0 Å². The van der Waals surface area contributed by atoms with E-state index >= 15 is 0 Å². The molecule has 0 radical (unpaired) electrons. The summed E-state index contributed by atoms with van der Waals surface area (Å²) in [7, 11) is 0. The van der Waals surface area contributed by atoms with Gasteiger partial charge in [0.05, 0.1) is 6.10 Å². The van der Waals surface area contributed by atoms with Crippen molar-refractivity contribution in [3.63, 3.8) is 0 Å². The molecule has 1 saturated heterocycles. The van der Waals surface area contributed by atoms with Crippen LogP contribution in [0.2, 0.25) is 0 Å². The highest BCUT2D eigenvalue weighted by Crippen LogP contribution is 2.33. The monoisotopic (exact) mass is 188 g/mol. The second kappa shape index (κ2) is 4.52. The first-order chi connectivity index (χ1) is 5.63. The number of hydrogen-bond acceptors (Lipinski definition) is 2. The molecule has 0 saturated carbocycles. The third-order valence-electron chi connectivity index (χ3n) is 2.94. The molecule has 0 amide bonds. The predicted molar refractivity (Wildman–Crippen MR) is 55.5 cm³/mol. The summed E-state index contributed by atoms with van der Waals surface area (Å²) in [5, 5.41) is 10.5. The molecule has 1 N–H and O–H groups in total. The fourth-order valence-electron chi connectivity index (χ4n) is 1.60. The molecule has 2 heteroatoms. The quantitative estimate of drug-likeness (QED) is 0.734. The summed E-state index contributed by atoms with van der Waals surface area (Å²) in [6.45, 7) is 6.54. The van der Waals surface area contributed by atoms with E-state index in [1.165, 1.54) is 18.6 Å². The number of aliphatic hydroxyl groups excluding tert-OH is 1. The molecule has 1 rings (SSSR count). The van der Waals surface area contributed by atoms with Crippen LogP contribution in [0, 0.1) is 11.8 Å². The molecule has 1 heterocycles. The van der Waals surface area contributed by atoms with Gasteiger partial charge in [0.2, 0.25) is 0 Å². The average molecular weight is 188 g/mol. The Morgan fingerprint density at radius 2 is 2.00 bits per heavy atom. The molecule has 72 valence electrons. The molecule has 0 aromatic heterocycles. The SMILES string of the molecule is CC(C)C(C)C(O)C1CCCS1. The molecule has 0 bridgehead atoms. The van der Waals surface area contributed by atoms with Gasteiger partial charge in [-0.2, -0.15) is 11.8 Å². The van der Waals surface area contributed by atoms with E-state index in [2.05, 4.69) is 20.8 Å². The zero-order valence-electron chi connectivity index (χ0n) is 8.29. The first-order valence-electron chi connectivity index (χ1n) is 4.92. The zero-order chi connectivity index (χ0) is 9.14. The van der Waals surface area contributed by atoms with Crippen molar-refractivity contribution < 1.29 is 5.11 Å². The highest BCUT2D eigenvalue weighted by atomic mass is 32.2. The van der Waals surface area contributed by atoms with Gasteiger partial charge in [0.15, 0.2) is 0 Å². The van der Waals surface area contributed by atoms with Crippen LogP contribution in [0.15, 0.2) is 0 Å². The molecule has 1 aliphatic heterocycles. The van der Waals surface area contributed by atoms with Gasteiger partial charge in [0.25, 0.3) is 0 Å². The Morgan fingerprint density at radius 1 is 1.33 bits per heavy atom. The van der Waals surface area contributed by atoms with Gasteiger partial charge in [-0.05, 0) is 30.4 Å². The van der Waals surface area contributed by atoms with Crippen LogP contribution in [0.4, 0.5) is 0 Å². The Labute approximate surface area is 79.9 Å². The van der Waals surface area contributed by atoms with Gasteiger partial charge in [-0.3, -0.25) is 0 Å². The van der Waals surface area contributed by atoms with Gasteiger partial charge in [-0.1, -0.05) is 20.8 Å². The third-order valence-corrected chi connectivity index (χ3v) is 4.40. The maximum absolute atomic E-state index is 9.97. The summed E-state index contributed by atoms with van der Waals surface area (Å²) in [4.78, 5) is 0. The fourth-order valence-corrected chi connectivity index (χ4v) is 3.02. The largest absolute Gasteiger partial charge is 0.392 e. The van der Waals surface area contributed by atoms with Crippen molar-refractivity contribution in [3.8, 4) is 0 Å². The molecule has 3 unspecified atom stereocenters. The standard InChI is InChI=1S/C10H20OS/c1-7(2)8(3)10(11)9-5-4-6-12-9/h7-11H,4-6H2,1-3H3. The maximum atomic E-state index is 9.97. The van der Waals surface area contributed by atoms with Crippen molar-refractivity contribution in [2.75, 3.05) is 5.75 Å². The second-order valence-corrected chi connectivity index (χ2v) is 5.49. The van der Waals surface area contributed by atoms with Gasteiger partial charge < -0.3 is 5.11 Å². The highest BCUT2D eigenvalue weighted by molar-refractivity contribution is 8.00. The molecule has 0 spiro atoms. The van der Waals surface area contributed by atoms with Gasteiger partial charge in [-0.25, -0.2) is 0 Å². The summed E-state index contributed by atoms with van der Waals surface area (Å²) >= 11 is 1.95. The van der Waals surface area contributed by atoms with Crippen molar-refractivity contribution in [2.24, 2.45) is 11.8 Å². The smallest absolute Gasteiger partial charge is 0.0686 e. The third kappa shape index (κ3) is 2.40. The lowest BCUT2D eigenvalue weighted by atomic mass is 9.89. The van der Waals surface area contributed by atoms with Crippen LogP contribution < -0.4 is 0 Å². The minimum atomic E-state index is -0.0856. The zero-order valence-corrected chi connectivity index (χ0v) is 9.10. The first-order valence-corrected chi connectivity index (χ1v) is 5.97. The Bertz CT molecular complexity index is 128. The van der Waals surface area contributed by atoms with Gasteiger partial charge in [-0.15, -0.1) is 0 Å². The average Bonchev–Trinajstić information content (AvgIpc) is 2.53. The van der Waals surface area contributed by atoms with E-state index in [4.69, 9.17) is 0 Å². The van der Waals surface area contributed by atoms with Crippen LogP contribution in [0.5, 0.6) is 0 Å². The molecule has 12 heavy (non-hydrogen) atoms. The lowest BCUT2D eigenvalue weighted by Gasteiger charge is -2.26. The molecule has 0 aliphatic carbocycles. The summed E-state index contributed by atoms with van der Waals surface area (Å²) < 4.78 is 0. The molecule has 0 aromatic rings. The van der Waals surface area contributed by atoms with Crippen LogP contribution in [0.3, 0.4) is 0 Å². The van der Waals surface area contributed by atoms with Crippen LogP contribution in [0.25, 0.3) is 0 Å². The molecular formula is C10H20OS. The van der Waals surface area contributed by atoms with E-state index in [1.807, 2.05) is 11.8 Å². The number of rotatable bonds is 3. The van der Waals surface area contributed by atoms with E-state index < -0.39 is 0 Å². The summed E-state index contributed by atoms with van der Waals surface area (Å²) in [5.74, 6) is 2.29. The topological polar surface area (TPSA) is 20.2 Å². The Hall–Kier alpha value is 0.310. The molecule has 1 nitrogen and oxygen atoms in total. The fraction of sp³-hybridized carbons (Fsp3) is 1.00. The molecule has 3 atom stereocenters. The second-order valence-electron chi connectivity index (χ2n) is 4.15. The Kier molecular flexibility index (Phi) is 3.91. The normalized spacial score (nSPS) is 29.2. The van der Waals surface area contributed by atoms with Crippen LogP contribution in [-0.4, -0.2) is 22.2 Å². The molecule has 1 fully saturated rings. The van der Waals surface area contributed by atoms with E-state index in [-0.39, 0.29) is 6.10 Å². The van der Waals surface area contributed by atoms with Crippen LogP contribution in [0.1, 0.15) is 33.6 Å². The maximum Gasteiger partial charge on any atom is 0.0686 e. The van der Waals surface area contributed by atoms with Crippen molar-refractivity contribution >= 4 is 11.8 Å². The highest BCUT2D eigenvalue weighted by Gasteiger charge is 2.29. The molecule has 1 aliphatic rings. The van der Waals surface area contributed by atoms with E-state index in [0.717, 1.165) is 0 Å². The minimum absolute atomic E-state index is 0.0856. The van der Waals surface area contributed by atoms with Crippen molar-refractivity contribution in [2.45, 2.75) is 45.0 Å². The lowest BCUT2D eigenvalue weighted by molar-refractivity contribution is 0.0888. The summed E-state index contributed by atoms with van der Waals surface area (Å²) in [6.07, 6.45) is 2.41. The van der Waals surface area contributed by atoms with Crippen LogP contribution in [-0.2, 0) is 0 Å². The molecular weight excluding hydrogens is 168 g/mol. The number of aliphatic hydroxyl groups is 1. The Morgan fingerprint density at radius 3 is 2.42 bits per heavy atom. The number of hydrogen-bond donors (Lipinski definition) is 1. The number of thioether (sulfide) groups is 1. The van der Waals surface area contributed by atoms with E-state index in [0.29, 0.717) is 17.1 Å². The van der Waals surface area contributed by atoms with Crippen molar-refractivity contribution in [1.82, 2.24) is 0 Å². The predicted octanol–water partition coefficient (Wildman–Crippen LogP) is 2.54.